The van der Waals surface area contributed by atoms with Crippen LogP contribution in [0.5, 0.6) is 0 Å². The molecule has 5 nitrogen and oxygen atoms in total. The molecule has 0 saturated heterocycles. The summed E-state index contributed by atoms with van der Waals surface area (Å²) in [6.45, 7) is 13.5. The van der Waals surface area contributed by atoms with Gasteiger partial charge in [-0.25, -0.2) is 0 Å². The van der Waals surface area contributed by atoms with Gasteiger partial charge in [0.1, 0.15) is 0 Å². The van der Waals surface area contributed by atoms with Crippen molar-refractivity contribution >= 4 is 8.80 Å². The summed E-state index contributed by atoms with van der Waals surface area (Å²) in [5, 5.41) is 8.82. The Morgan fingerprint density at radius 1 is 0.895 bits per heavy atom. The van der Waals surface area contributed by atoms with E-state index in [4.69, 9.17) is 23.3 Å². The monoisotopic (exact) mass is 289 g/mol. The Labute approximate surface area is 118 Å². The molecule has 0 aliphatic rings. The van der Waals surface area contributed by atoms with E-state index < -0.39 is 14.5 Å². The Bertz CT molecular complexity index is 262. The molecule has 0 aromatic rings. The first-order valence-electron chi connectivity index (χ1n) is 6.85. The molecule has 112 valence electrons. The summed E-state index contributed by atoms with van der Waals surface area (Å²) in [5.74, 6) is 0. The molecule has 19 heavy (non-hydrogen) atoms. The molecule has 0 aromatic heterocycles. The van der Waals surface area contributed by atoms with Gasteiger partial charge in [0, 0.05) is 18.3 Å². The first-order chi connectivity index (χ1) is 8.77. The molecule has 0 rings (SSSR count). The number of ether oxygens (including phenoxy) is 1. The van der Waals surface area contributed by atoms with E-state index in [-0.39, 0.29) is 18.3 Å². The largest absolute Gasteiger partial charge is 0.545 e. The summed E-state index contributed by atoms with van der Waals surface area (Å²) < 4.78 is 23.1. The lowest BCUT2D eigenvalue weighted by atomic mass is 10.5. The second-order valence-electron chi connectivity index (χ2n) is 5.21. The Morgan fingerprint density at radius 3 is 1.47 bits per heavy atom. The lowest BCUT2D eigenvalue weighted by Crippen LogP contribution is -2.60. The molecule has 0 fully saturated rings. The predicted molar refractivity (Wildman–Crippen MR) is 75.2 cm³/mol. The lowest BCUT2D eigenvalue weighted by Gasteiger charge is -2.37. The molecule has 0 bridgehead atoms. The van der Waals surface area contributed by atoms with Crippen molar-refractivity contribution in [3.05, 3.63) is 0 Å². The minimum absolute atomic E-state index is 0.0551. The Kier molecular flexibility index (Phi) is 8.26. The van der Waals surface area contributed by atoms with E-state index in [0.717, 1.165) is 0 Å². The Hall–Kier alpha value is -0.613. The molecule has 0 radical (unpaired) electrons. The van der Waals surface area contributed by atoms with Crippen molar-refractivity contribution in [2.45, 2.75) is 78.9 Å². The highest BCUT2D eigenvalue weighted by Gasteiger charge is 2.53. The van der Waals surface area contributed by atoms with Crippen LogP contribution in [0, 0.1) is 11.5 Å². The minimum Gasteiger partial charge on any atom is -0.420 e. The highest BCUT2D eigenvalue weighted by Crippen LogP contribution is 2.25. The van der Waals surface area contributed by atoms with Crippen molar-refractivity contribution in [3.63, 3.8) is 0 Å². The number of rotatable bonds is 9. The molecule has 1 unspecified atom stereocenters. The Morgan fingerprint density at radius 2 is 1.26 bits per heavy atom. The van der Waals surface area contributed by atoms with Crippen molar-refractivity contribution < 1.29 is 18.0 Å². The number of hydrogen-bond acceptors (Lipinski definition) is 5. The normalized spacial score (nSPS) is 13.9. The van der Waals surface area contributed by atoms with E-state index in [1.165, 1.54) is 0 Å². The number of nitriles is 1. The second-order valence-corrected chi connectivity index (χ2v) is 7.77. The lowest BCUT2D eigenvalue weighted by molar-refractivity contribution is -0.0321. The van der Waals surface area contributed by atoms with Crippen molar-refractivity contribution in [2.75, 3.05) is 0 Å². The van der Waals surface area contributed by atoms with E-state index >= 15 is 0 Å². The predicted octanol–water partition coefficient (Wildman–Crippen LogP) is 3.02. The van der Waals surface area contributed by atoms with Crippen LogP contribution in [0.3, 0.4) is 0 Å². The SMILES string of the molecule is CCC(OC#N)[Si](OC(C)C)(OC(C)C)OC(C)C. The molecule has 0 N–H and O–H groups in total. The van der Waals surface area contributed by atoms with Crippen molar-refractivity contribution in [2.24, 2.45) is 0 Å². The van der Waals surface area contributed by atoms with Crippen LogP contribution in [0.25, 0.3) is 0 Å². The third-order valence-corrected chi connectivity index (χ3v) is 5.87. The standard InChI is InChI=1S/C13H27NO4Si/c1-8-13(15-9-14)19(16-10(2)3,17-11(4)5)18-12(6)7/h10-13H,8H2,1-7H3. The molecule has 0 saturated carbocycles. The molecule has 6 heteroatoms. The van der Waals surface area contributed by atoms with Gasteiger partial charge in [-0.3, -0.25) is 0 Å². The van der Waals surface area contributed by atoms with Crippen molar-refractivity contribution in [3.8, 4) is 6.26 Å². The van der Waals surface area contributed by atoms with E-state index in [1.807, 2.05) is 48.5 Å². The quantitative estimate of drug-likeness (QED) is 0.482. The first kappa shape index (κ1) is 18.4. The zero-order valence-corrected chi connectivity index (χ0v) is 14.1. The van der Waals surface area contributed by atoms with Gasteiger partial charge in [0.2, 0.25) is 0 Å². The van der Waals surface area contributed by atoms with Crippen LogP contribution in [0.2, 0.25) is 0 Å². The third-order valence-electron chi connectivity index (χ3n) is 2.16. The van der Waals surface area contributed by atoms with Gasteiger partial charge in [0.25, 0.3) is 6.26 Å². The maximum Gasteiger partial charge on any atom is 0.545 e. The molecule has 0 amide bonds. The maximum atomic E-state index is 8.82. The summed E-state index contributed by atoms with van der Waals surface area (Å²) in [5.41, 5.74) is -0.468. The molecular weight excluding hydrogens is 262 g/mol. The second kappa shape index (κ2) is 8.54. The average molecular weight is 289 g/mol. The van der Waals surface area contributed by atoms with Crippen LogP contribution in [0.4, 0.5) is 0 Å². The van der Waals surface area contributed by atoms with Gasteiger partial charge in [-0.2, -0.15) is 5.26 Å². The summed E-state index contributed by atoms with van der Waals surface area (Å²) in [6, 6.07) is 0. The topological polar surface area (TPSA) is 60.7 Å². The van der Waals surface area contributed by atoms with Gasteiger partial charge < -0.3 is 18.0 Å². The molecule has 0 aliphatic heterocycles. The highest BCUT2D eigenvalue weighted by molar-refractivity contribution is 6.62. The van der Waals surface area contributed by atoms with Crippen LogP contribution in [-0.2, 0) is 18.0 Å². The molecule has 1 atom stereocenters. The van der Waals surface area contributed by atoms with Crippen LogP contribution < -0.4 is 0 Å². The van der Waals surface area contributed by atoms with Gasteiger partial charge in [-0.1, -0.05) is 6.92 Å². The Balaban J connectivity index is 5.36. The molecule has 0 aromatic carbocycles. The van der Waals surface area contributed by atoms with E-state index in [0.29, 0.717) is 6.42 Å². The zero-order chi connectivity index (χ0) is 15.1. The van der Waals surface area contributed by atoms with Gasteiger partial charge in [-0.05, 0) is 48.0 Å². The average Bonchev–Trinajstić information content (AvgIpc) is 2.22. The van der Waals surface area contributed by atoms with Gasteiger partial charge in [0.05, 0.1) is 0 Å². The fraction of sp³-hybridized carbons (Fsp3) is 0.923. The smallest absolute Gasteiger partial charge is 0.420 e. The summed E-state index contributed by atoms with van der Waals surface area (Å²) in [6.07, 6.45) is 2.18. The summed E-state index contributed by atoms with van der Waals surface area (Å²) in [7, 11) is -3.08. The number of nitrogens with zero attached hydrogens (tertiary/aromatic N) is 1. The van der Waals surface area contributed by atoms with E-state index in [2.05, 4.69) is 0 Å². The fourth-order valence-electron chi connectivity index (χ4n) is 1.77. The van der Waals surface area contributed by atoms with Crippen LogP contribution >= 0.6 is 0 Å². The van der Waals surface area contributed by atoms with Crippen molar-refractivity contribution in [1.82, 2.24) is 0 Å². The van der Waals surface area contributed by atoms with Gasteiger partial charge in [-0.15, -0.1) is 0 Å². The molecule has 0 heterocycles. The van der Waals surface area contributed by atoms with Crippen LogP contribution in [0.15, 0.2) is 0 Å². The number of hydrogen-bond donors (Lipinski definition) is 0. The minimum atomic E-state index is -3.08. The molecule has 0 spiro atoms. The summed E-state index contributed by atoms with van der Waals surface area (Å²) in [4.78, 5) is 0. The van der Waals surface area contributed by atoms with Crippen LogP contribution in [-0.4, -0.2) is 32.8 Å². The fourth-order valence-corrected chi connectivity index (χ4v) is 5.06. The summed E-state index contributed by atoms with van der Waals surface area (Å²) >= 11 is 0. The third kappa shape index (κ3) is 6.39. The van der Waals surface area contributed by atoms with Crippen LogP contribution in [0.1, 0.15) is 54.9 Å². The highest BCUT2D eigenvalue weighted by atomic mass is 28.4. The van der Waals surface area contributed by atoms with Gasteiger partial charge in [0.15, 0.2) is 5.73 Å². The molecular formula is C13H27NO4Si. The van der Waals surface area contributed by atoms with Crippen molar-refractivity contribution in [1.29, 1.82) is 5.26 Å². The first-order valence-corrected chi connectivity index (χ1v) is 8.65. The maximum absolute atomic E-state index is 8.82. The zero-order valence-electron chi connectivity index (χ0n) is 13.1. The van der Waals surface area contributed by atoms with E-state index in [9.17, 15) is 0 Å². The molecule has 0 aliphatic carbocycles. The van der Waals surface area contributed by atoms with Gasteiger partial charge >= 0.3 is 8.80 Å². The van der Waals surface area contributed by atoms with E-state index in [1.54, 1.807) is 6.26 Å².